The van der Waals surface area contributed by atoms with Crippen LogP contribution in [-0.2, 0) is 6.42 Å². The number of carbonyl (C=O) groups is 1. The lowest BCUT2D eigenvalue weighted by atomic mass is 10.2. The predicted octanol–water partition coefficient (Wildman–Crippen LogP) is 2.31. The summed E-state index contributed by atoms with van der Waals surface area (Å²) in [6.07, 6.45) is 1.88. The van der Waals surface area contributed by atoms with E-state index in [1.54, 1.807) is 19.2 Å². The molecule has 0 spiro atoms. The van der Waals surface area contributed by atoms with Gasteiger partial charge in [-0.05, 0) is 24.3 Å². The van der Waals surface area contributed by atoms with Crippen LogP contribution in [-0.4, -0.2) is 29.7 Å². The zero-order valence-electron chi connectivity index (χ0n) is 12.5. The first-order valence-electron chi connectivity index (χ1n) is 7.05. The standard InChI is InChI=1S/C16H15N3O4/c1-21-12-6-3-2-5-11(12)15-18-14(23-19-15)8-9-17-16(20)13-7-4-10-22-13/h2-7,10H,8-9H2,1H3,(H,17,20). The number of aromatic nitrogens is 2. The molecule has 0 aliphatic heterocycles. The topological polar surface area (TPSA) is 90.4 Å². The number of benzene rings is 1. The number of para-hydroxylation sites is 1. The van der Waals surface area contributed by atoms with Crippen molar-refractivity contribution in [2.75, 3.05) is 13.7 Å². The Morgan fingerprint density at radius 3 is 2.91 bits per heavy atom. The fourth-order valence-corrected chi connectivity index (χ4v) is 2.07. The lowest BCUT2D eigenvalue weighted by Gasteiger charge is -2.03. The van der Waals surface area contributed by atoms with Crippen LogP contribution < -0.4 is 10.1 Å². The van der Waals surface area contributed by atoms with Crippen LogP contribution in [0.25, 0.3) is 11.4 Å². The van der Waals surface area contributed by atoms with Gasteiger partial charge < -0.3 is 19.0 Å². The van der Waals surface area contributed by atoms with Gasteiger partial charge in [0, 0.05) is 13.0 Å². The van der Waals surface area contributed by atoms with Gasteiger partial charge in [-0.3, -0.25) is 4.79 Å². The van der Waals surface area contributed by atoms with E-state index in [0.29, 0.717) is 30.4 Å². The van der Waals surface area contributed by atoms with Crippen molar-refractivity contribution in [3.8, 4) is 17.1 Å². The third-order valence-electron chi connectivity index (χ3n) is 3.19. The summed E-state index contributed by atoms with van der Waals surface area (Å²) >= 11 is 0. The van der Waals surface area contributed by atoms with Gasteiger partial charge in [-0.2, -0.15) is 4.98 Å². The van der Waals surface area contributed by atoms with E-state index in [4.69, 9.17) is 13.7 Å². The van der Waals surface area contributed by atoms with Crippen molar-refractivity contribution >= 4 is 5.91 Å². The van der Waals surface area contributed by atoms with E-state index in [2.05, 4.69) is 15.5 Å². The Kier molecular flexibility index (Phi) is 4.37. The summed E-state index contributed by atoms with van der Waals surface area (Å²) in [6.45, 7) is 0.368. The molecule has 0 aliphatic carbocycles. The second-order valence-electron chi connectivity index (χ2n) is 4.70. The zero-order valence-corrected chi connectivity index (χ0v) is 12.5. The number of hydrogen-bond donors (Lipinski definition) is 1. The number of ether oxygens (including phenoxy) is 1. The van der Waals surface area contributed by atoms with Crippen molar-refractivity contribution < 1.29 is 18.5 Å². The first-order chi connectivity index (χ1) is 11.3. The average molecular weight is 313 g/mol. The second-order valence-corrected chi connectivity index (χ2v) is 4.70. The molecule has 0 aliphatic rings. The molecule has 2 heterocycles. The highest BCUT2D eigenvalue weighted by molar-refractivity contribution is 5.91. The molecule has 1 aromatic carbocycles. The monoisotopic (exact) mass is 313 g/mol. The number of carbonyl (C=O) groups excluding carboxylic acids is 1. The first kappa shape index (κ1) is 14.8. The smallest absolute Gasteiger partial charge is 0.286 e. The molecule has 0 bridgehead atoms. The number of amides is 1. The molecule has 0 atom stereocenters. The minimum Gasteiger partial charge on any atom is -0.496 e. The lowest BCUT2D eigenvalue weighted by Crippen LogP contribution is -2.25. The fourth-order valence-electron chi connectivity index (χ4n) is 2.07. The van der Waals surface area contributed by atoms with Gasteiger partial charge in [0.1, 0.15) is 5.75 Å². The van der Waals surface area contributed by atoms with E-state index in [-0.39, 0.29) is 11.7 Å². The molecule has 0 fully saturated rings. The number of nitrogens with zero attached hydrogens (tertiary/aromatic N) is 2. The van der Waals surface area contributed by atoms with Gasteiger partial charge in [-0.1, -0.05) is 17.3 Å². The molecule has 1 N–H and O–H groups in total. The third kappa shape index (κ3) is 3.39. The molecule has 0 unspecified atom stereocenters. The van der Waals surface area contributed by atoms with Gasteiger partial charge in [-0.25, -0.2) is 0 Å². The zero-order chi connectivity index (χ0) is 16.1. The summed E-state index contributed by atoms with van der Waals surface area (Å²) in [5.41, 5.74) is 0.754. The molecule has 3 rings (SSSR count). The quantitative estimate of drug-likeness (QED) is 0.751. The first-order valence-corrected chi connectivity index (χ1v) is 7.05. The Morgan fingerprint density at radius 2 is 2.13 bits per heavy atom. The third-order valence-corrected chi connectivity index (χ3v) is 3.19. The highest BCUT2D eigenvalue weighted by atomic mass is 16.5. The molecule has 0 saturated carbocycles. The summed E-state index contributed by atoms with van der Waals surface area (Å²) < 4.78 is 15.5. The predicted molar refractivity (Wildman–Crippen MR) is 81.0 cm³/mol. The summed E-state index contributed by atoms with van der Waals surface area (Å²) in [6, 6.07) is 10.7. The van der Waals surface area contributed by atoms with Crippen LogP contribution in [0, 0.1) is 0 Å². The molecule has 0 saturated heterocycles. The molecule has 7 nitrogen and oxygen atoms in total. The van der Waals surface area contributed by atoms with Crippen molar-refractivity contribution in [1.29, 1.82) is 0 Å². The van der Waals surface area contributed by atoms with Crippen molar-refractivity contribution in [2.45, 2.75) is 6.42 Å². The number of hydrogen-bond acceptors (Lipinski definition) is 6. The van der Waals surface area contributed by atoms with Gasteiger partial charge in [0.2, 0.25) is 11.7 Å². The van der Waals surface area contributed by atoms with Crippen LogP contribution in [0.5, 0.6) is 5.75 Å². The number of rotatable bonds is 6. The average Bonchev–Trinajstić information content (AvgIpc) is 3.26. The molecule has 118 valence electrons. The largest absolute Gasteiger partial charge is 0.496 e. The SMILES string of the molecule is COc1ccccc1-c1noc(CCNC(=O)c2ccco2)n1. The van der Waals surface area contributed by atoms with Crippen LogP contribution in [0.1, 0.15) is 16.4 Å². The molecule has 1 amide bonds. The van der Waals surface area contributed by atoms with E-state index in [1.807, 2.05) is 24.3 Å². The van der Waals surface area contributed by atoms with Crippen molar-refractivity contribution in [1.82, 2.24) is 15.5 Å². The Morgan fingerprint density at radius 1 is 1.26 bits per heavy atom. The number of methoxy groups -OCH3 is 1. The Balaban J connectivity index is 1.60. The van der Waals surface area contributed by atoms with Crippen LogP contribution in [0.2, 0.25) is 0 Å². The normalized spacial score (nSPS) is 10.5. The van der Waals surface area contributed by atoms with E-state index in [9.17, 15) is 4.79 Å². The van der Waals surface area contributed by atoms with Crippen molar-refractivity contribution in [3.05, 3.63) is 54.3 Å². The van der Waals surface area contributed by atoms with Crippen LogP contribution in [0.3, 0.4) is 0 Å². The Bertz CT molecular complexity index is 780. The van der Waals surface area contributed by atoms with Gasteiger partial charge >= 0.3 is 0 Å². The van der Waals surface area contributed by atoms with Gasteiger partial charge in [0.05, 0.1) is 18.9 Å². The minimum absolute atomic E-state index is 0.269. The molecule has 7 heteroatoms. The van der Waals surface area contributed by atoms with Crippen LogP contribution in [0.15, 0.2) is 51.6 Å². The highest BCUT2D eigenvalue weighted by Crippen LogP contribution is 2.26. The number of furan rings is 1. The molecule has 2 aromatic heterocycles. The molecule has 23 heavy (non-hydrogen) atoms. The van der Waals surface area contributed by atoms with Gasteiger partial charge in [0.25, 0.3) is 5.91 Å². The maximum absolute atomic E-state index is 11.7. The van der Waals surface area contributed by atoms with E-state index < -0.39 is 0 Å². The van der Waals surface area contributed by atoms with Crippen molar-refractivity contribution in [2.24, 2.45) is 0 Å². The lowest BCUT2D eigenvalue weighted by molar-refractivity contribution is 0.0925. The molecule has 0 radical (unpaired) electrons. The molecule has 3 aromatic rings. The summed E-state index contributed by atoms with van der Waals surface area (Å²) in [4.78, 5) is 16.0. The van der Waals surface area contributed by atoms with Crippen LogP contribution in [0.4, 0.5) is 0 Å². The molecular weight excluding hydrogens is 298 g/mol. The highest BCUT2D eigenvalue weighted by Gasteiger charge is 2.13. The van der Waals surface area contributed by atoms with Gasteiger partial charge in [0.15, 0.2) is 5.76 Å². The maximum Gasteiger partial charge on any atom is 0.286 e. The summed E-state index contributed by atoms with van der Waals surface area (Å²) in [5.74, 6) is 1.55. The number of nitrogens with one attached hydrogen (secondary N) is 1. The van der Waals surface area contributed by atoms with E-state index >= 15 is 0 Å². The van der Waals surface area contributed by atoms with Gasteiger partial charge in [-0.15, -0.1) is 0 Å². The van der Waals surface area contributed by atoms with Crippen molar-refractivity contribution in [3.63, 3.8) is 0 Å². The minimum atomic E-state index is -0.278. The Hall–Kier alpha value is -3.09. The fraction of sp³-hybridized carbons (Fsp3) is 0.188. The summed E-state index contributed by atoms with van der Waals surface area (Å²) in [5, 5.41) is 6.67. The van der Waals surface area contributed by atoms with E-state index in [1.165, 1.54) is 6.26 Å². The van der Waals surface area contributed by atoms with E-state index in [0.717, 1.165) is 5.56 Å². The maximum atomic E-state index is 11.7. The van der Waals surface area contributed by atoms with Crippen LogP contribution >= 0.6 is 0 Å². The molecular formula is C16H15N3O4. The summed E-state index contributed by atoms with van der Waals surface area (Å²) in [7, 11) is 1.59. The Labute approximate surface area is 132 Å². The second kappa shape index (κ2) is 6.78.